The second kappa shape index (κ2) is 13.4. The van der Waals surface area contributed by atoms with Gasteiger partial charge in [0, 0.05) is 62.0 Å². The third-order valence-electron chi connectivity index (χ3n) is 7.79. The summed E-state index contributed by atoms with van der Waals surface area (Å²) in [5, 5.41) is 15.3. The third kappa shape index (κ3) is 6.65. The fraction of sp³-hybridized carbons (Fsp3) is 0.355. The van der Waals surface area contributed by atoms with Crippen LogP contribution in [0.25, 0.3) is 10.2 Å². The van der Waals surface area contributed by atoms with Crippen LogP contribution in [0.15, 0.2) is 50.1 Å². The first-order valence-electron chi connectivity index (χ1n) is 14.6. The average molecular weight is 661 g/mol. The number of allylic oxidation sites excluding steroid dienone is 2. The lowest BCUT2D eigenvalue weighted by atomic mass is 10.0. The topological polar surface area (TPSA) is 194 Å². The van der Waals surface area contributed by atoms with Crippen molar-refractivity contribution in [3.8, 4) is 0 Å². The molecule has 13 nitrogen and oxygen atoms in total. The van der Waals surface area contributed by atoms with Gasteiger partial charge in [-0.2, -0.15) is 5.10 Å². The minimum Gasteiger partial charge on any atom is -0.397 e. The Hall–Kier alpha value is -4.63. The Morgan fingerprint density at radius 1 is 1.13 bits per heavy atom. The number of aryl methyl sites for hydroxylation is 2. The third-order valence-corrected chi connectivity index (χ3v) is 9.98. The Balaban J connectivity index is 1.48. The molecular weight excluding hydrogens is 625 g/mol. The molecule has 0 saturated heterocycles. The lowest BCUT2D eigenvalue weighted by molar-refractivity contribution is -0.131. The van der Waals surface area contributed by atoms with E-state index in [-0.39, 0.29) is 45.4 Å². The van der Waals surface area contributed by atoms with Crippen LogP contribution in [-0.4, -0.2) is 75.7 Å². The van der Waals surface area contributed by atoms with Crippen LogP contribution < -0.4 is 22.1 Å². The van der Waals surface area contributed by atoms with Gasteiger partial charge in [-0.25, -0.2) is 4.99 Å². The number of carbonyl (C=O) groups excluding carboxylic acids is 3. The molecule has 3 aromatic heterocycles. The van der Waals surface area contributed by atoms with Gasteiger partial charge in [-0.3, -0.25) is 24.4 Å². The van der Waals surface area contributed by atoms with Gasteiger partial charge in [0.25, 0.3) is 11.8 Å². The van der Waals surface area contributed by atoms with Gasteiger partial charge in [-0.1, -0.05) is 11.8 Å². The summed E-state index contributed by atoms with van der Waals surface area (Å²) in [7, 11) is 3.42. The highest BCUT2D eigenvalue weighted by molar-refractivity contribution is 8.19. The molecule has 0 radical (unpaired) electrons. The number of thioether (sulfide) groups is 1. The Morgan fingerprint density at radius 2 is 1.87 bits per heavy atom. The summed E-state index contributed by atoms with van der Waals surface area (Å²) in [4.78, 5) is 55.0. The molecule has 0 atom stereocenters. The maximum Gasteiger partial charge on any atom is 0.267 e. The van der Waals surface area contributed by atoms with Gasteiger partial charge in [-0.05, 0) is 58.2 Å². The maximum atomic E-state index is 13.4. The second-order valence-electron chi connectivity index (χ2n) is 11.2. The van der Waals surface area contributed by atoms with Crippen molar-refractivity contribution in [2.75, 3.05) is 38.2 Å². The number of amides is 3. The molecule has 6 N–H and O–H groups in total. The van der Waals surface area contributed by atoms with Crippen molar-refractivity contribution < 1.29 is 14.4 Å². The molecule has 0 unspecified atom stereocenters. The number of aliphatic imine (C=N–C) groups is 2. The summed E-state index contributed by atoms with van der Waals surface area (Å²) < 4.78 is 0. The highest BCUT2D eigenvalue weighted by atomic mass is 32.2. The summed E-state index contributed by atoms with van der Waals surface area (Å²) in [6.45, 7) is 7.97. The zero-order chi connectivity index (χ0) is 33.3. The number of anilines is 2. The van der Waals surface area contributed by atoms with Gasteiger partial charge in [-0.15, -0.1) is 16.4 Å². The number of thiophene rings is 1. The summed E-state index contributed by atoms with van der Waals surface area (Å²) in [6.07, 6.45) is 3.45. The average Bonchev–Trinajstić information content (AvgIpc) is 3.75. The maximum absolute atomic E-state index is 13.4. The number of fused-ring (bicyclic) bond motifs is 1. The van der Waals surface area contributed by atoms with Crippen molar-refractivity contribution in [2.45, 2.75) is 40.5 Å². The molecule has 0 spiro atoms. The summed E-state index contributed by atoms with van der Waals surface area (Å²) in [5.41, 5.74) is 18.0. The Kier molecular flexibility index (Phi) is 9.53. The summed E-state index contributed by atoms with van der Waals surface area (Å²) in [6, 6.07) is 3.46. The lowest BCUT2D eigenvalue weighted by Gasteiger charge is -2.17. The molecule has 3 aromatic rings. The Labute approximate surface area is 274 Å². The number of likely N-dealkylation sites (N-methyl/N-ethyl adjacent to an activating group) is 1. The molecule has 1 fully saturated rings. The molecule has 0 aromatic carbocycles. The quantitative estimate of drug-likeness (QED) is 0.246. The molecule has 1 aliphatic carbocycles. The Bertz CT molecular complexity index is 1890. The van der Waals surface area contributed by atoms with E-state index in [1.54, 1.807) is 44.2 Å². The van der Waals surface area contributed by atoms with Crippen LogP contribution in [-0.2, 0) is 9.59 Å². The summed E-state index contributed by atoms with van der Waals surface area (Å²) >= 11 is 2.25. The van der Waals surface area contributed by atoms with Crippen molar-refractivity contribution in [2.24, 2.45) is 21.6 Å². The molecule has 0 bridgehead atoms. The molecule has 3 amide bonds. The smallest absolute Gasteiger partial charge is 0.267 e. The standard InChI is InChI=1S/C31H36N10O3S2/c1-14-13-19(9-10-35-14)37-28(43)26-23(33)21-24(17(4)39-40-30(21)46-26)38-29-20(15(2)16(3)34-5)22(32)25(45-29)27(42)36-11-12-41(6)31(44)18-7-8-18/h9-10,13,18H,7-8,11-12,32-33H2,1-6H3,(H,36,42)(H,35,37,43)/b20-15-,34-16-,38-29-. The van der Waals surface area contributed by atoms with Crippen molar-refractivity contribution in [1.82, 2.24) is 25.4 Å². The van der Waals surface area contributed by atoms with Crippen LogP contribution in [0.3, 0.4) is 0 Å². The zero-order valence-electron chi connectivity index (χ0n) is 26.5. The molecule has 240 valence electrons. The number of nitrogens with two attached hydrogens (primary N) is 2. The van der Waals surface area contributed by atoms with Crippen molar-refractivity contribution in [3.63, 3.8) is 0 Å². The highest BCUT2D eigenvalue weighted by Gasteiger charge is 2.34. The van der Waals surface area contributed by atoms with Gasteiger partial charge < -0.3 is 27.0 Å². The zero-order valence-corrected chi connectivity index (χ0v) is 28.2. The minimum absolute atomic E-state index is 0.0984. The number of nitrogens with zero attached hydrogens (tertiary/aromatic N) is 6. The molecule has 5 rings (SSSR count). The van der Waals surface area contributed by atoms with Crippen LogP contribution in [0.4, 0.5) is 17.1 Å². The lowest BCUT2D eigenvalue weighted by Crippen LogP contribution is -2.37. The van der Waals surface area contributed by atoms with Gasteiger partial charge in [0.05, 0.1) is 28.2 Å². The second-order valence-corrected chi connectivity index (χ2v) is 13.2. The largest absolute Gasteiger partial charge is 0.397 e. The number of hydrogen-bond acceptors (Lipinski definition) is 12. The van der Waals surface area contributed by atoms with E-state index in [0.717, 1.165) is 52.9 Å². The number of rotatable bonds is 9. The fourth-order valence-corrected chi connectivity index (χ4v) is 6.87. The molecule has 1 aliphatic heterocycles. The number of aromatic nitrogens is 3. The van der Waals surface area contributed by atoms with E-state index < -0.39 is 5.91 Å². The molecular formula is C31H36N10O3S2. The van der Waals surface area contributed by atoms with Crippen molar-refractivity contribution in [1.29, 1.82) is 0 Å². The number of pyridine rings is 1. The van der Waals surface area contributed by atoms with Crippen molar-refractivity contribution in [3.05, 3.63) is 56.3 Å². The number of nitrogens with one attached hydrogen (secondary N) is 2. The van der Waals surface area contributed by atoms with E-state index in [4.69, 9.17) is 16.5 Å². The van der Waals surface area contributed by atoms with Gasteiger partial charge in [0.15, 0.2) is 4.83 Å². The van der Waals surface area contributed by atoms with Crippen LogP contribution in [0.1, 0.15) is 47.7 Å². The highest BCUT2D eigenvalue weighted by Crippen LogP contribution is 2.44. The first-order chi connectivity index (χ1) is 21.9. The monoisotopic (exact) mass is 660 g/mol. The SMILES string of the molecule is C\N=C(C)/C(C)=C1/C(N)=C(C(=O)NCCN(C)C(=O)C2CC2)S/C1=N\c1c(C)nnc2sc(C(=O)Nc3ccnc(C)c3)c(N)c12. The van der Waals surface area contributed by atoms with E-state index in [1.165, 1.54) is 0 Å². The molecule has 4 heterocycles. The van der Waals surface area contributed by atoms with Crippen LogP contribution in [0.2, 0.25) is 0 Å². The normalized spacial score (nSPS) is 17.1. The van der Waals surface area contributed by atoms with Crippen molar-refractivity contribution >= 4 is 78.9 Å². The van der Waals surface area contributed by atoms with E-state index in [0.29, 0.717) is 44.4 Å². The number of nitrogen functional groups attached to an aromatic ring is 1. The minimum atomic E-state index is -0.391. The van der Waals surface area contributed by atoms with E-state index in [2.05, 4.69) is 30.8 Å². The van der Waals surface area contributed by atoms with Gasteiger partial charge in [0.2, 0.25) is 5.91 Å². The van der Waals surface area contributed by atoms with Crippen LogP contribution >= 0.6 is 23.1 Å². The molecule has 1 saturated carbocycles. The first kappa shape index (κ1) is 32.8. The molecule has 46 heavy (non-hydrogen) atoms. The van der Waals surface area contributed by atoms with Gasteiger partial charge >= 0.3 is 0 Å². The van der Waals surface area contributed by atoms with E-state index in [1.807, 2.05) is 20.8 Å². The Morgan fingerprint density at radius 3 is 2.54 bits per heavy atom. The van der Waals surface area contributed by atoms with E-state index >= 15 is 0 Å². The number of carbonyl (C=O) groups is 3. The van der Waals surface area contributed by atoms with E-state index in [9.17, 15) is 14.4 Å². The first-order valence-corrected chi connectivity index (χ1v) is 16.3. The summed E-state index contributed by atoms with van der Waals surface area (Å²) in [5.74, 6) is -0.556. The number of hydrogen-bond donors (Lipinski definition) is 4. The van der Waals surface area contributed by atoms with Crippen LogP contribution in [0, 0.1) is 19.8 Å². The fourth-order valence-electron chi connectivity index (χ4n) is 4.86. The van der Waals surface area contributed by atoms with Gasteiger partial charge in [0.1, 0.15) is 14.8 Å². The van der Waals surface area contributed by atoms with Crippen LogP contribution in [0.5, 0.6) is 0 Å². The predicted molar refractivity (Wildman–Crippen MR) is 184 cm³/mol. The molecule has 15 heteroatoms. The molecule has 2 aliphatic rings. The predicted octanol–water partition coefficient (Wildman–Crippen LogP) is 3.88.